The van der Waals surface area contributed by atoms with Gasteiger partial charge in [-0.2, -0.15) is 0 Å². The number of nitrogens with one attached hydrogen (secondary N) is 1. The van der Waals surface area contributed by atoms with Crippen LogP contribution in [0, 0.1) is 35.5 Å². The predicted octanol–water partition coefficient (Wildman–Crippen LogP) is 5.45. The molecule has 1 saturated carbocycles. The van der Waals surface area contributed by atoms with Crippen LogP contribution in [0.2, 0.25) is 0 Å². The molecule has 17 atom stereocenters. The minimum Gasteiger partial charge on any atom is -0.462 e. The molecular formula is C42H65NO11. The lowest BCUT2D eigenvalue weighted by Gasteiger charge is -2.44. The van der Waals surface area contributed by atoms with E-state index in [-0.39, 0.29) is 96.5 Å². The highest BCUT2D eigenvalue weighted by Gasteiger charge is 2.54. The Hall–Kier alpha value is -2.19. The van der Waals surface area contributed by atoms with Crippen molar-refractivity contribution >= 4 is 18.2 Å². The predicted molar refractivity (Wildman–Crippen MR) is 199 cm³/mol. The number of allylic oxidation sites excluding steroid dienone is 4. The average Bonchev–Trinajstić information content (AvgIpc) is 3.73. The summed E-state index contributed by atoms with van der Waals surface area (Å²) in [6, 6.07) is -0.0680. The van der Waals surface area contributed by atoms with E-state index >= 15 is 0 Å². The smallest absolute Gasteiger partial charge is 0.306 e. The molecule has 1 N–H and O–H groups in total. The second kappa shape index (κ2) is 18.4. The first-order valence-electron chi connectivity index (χ1n) is 20.6. The third-order valence-electron chi connectivity index (χ3n) is 13.4. The van der Waals surface area contributed by atoms with E-state index in [4.69, 9.17) is 37.9 Å². The fourth-order valence-corrected chi connectivity index (χ4v) is 10.5. The van der Waals surface area contributed by atoms with Gasteiger partial charge < -0.3 is 43.2 Å². The standard InChI is InChI=1S/C42H65NO11/c1-9-26-12-11-13-35(54-37-15-14-34(43-21-44)24(5)50-37)23(4)38(46)33-19-31-29(32(33)20-36(45)52-26)16-22(3)28-17-27(18-30(28)31)53-42-41(48-8)40(49-10-2)39(47-7)25(6)51-42/h16,19,21,23-32,34-35,37,39-42H,9-15,17-18,20H2,1-8H3,(H,43,44)/t23-,24-,25+,26+,27-,28+,29-,30-,31-,32+,34+,35?,37+,39+,40-,41-,42?/m1/s1. The van der Waals surface area contributed by atoms with Crippen LogP contribution in [0.1, 0.15) is 99.3 Å². The maximum atomic E-state index is 14.7. The van der Waals surface area contributed by atoms with Crippen molar-refractivity contribution in [1.82, 2.24) is 5.32 Å². The van der Waals surface area contributed by atoms with E-state index in [2.05, 4.69) is 31.3 Å². The van der Waals surface area contributed by atoms with Crippen LogP contribution in [-0.2, 0) is 52.3 Å². The Bertz CT molecular complexity index is 1370. The summed E-state index contributed by atoms with van der Waals surface area (Å²) in [5.41, 5.74) is 2.02. The Labute approximate surface area is 321 Å². The van der Waals surface area contributed by atoms with Crippen molar-refractivity contribution in [1.29, 1.82) is 0 Å². The summed E-state index contributed by atoms with van der Waals surface area (Å²) in [7, 11) is 3.32. The Kier molecular flexibility index (Phi) is 14.1. The summed E-state index contributed by atoms with van der Waals surface area (Å²) in [6.07, 6.45) is 8.08. The molecule has 6 aliphatic rings. The minimum absolute atomic E-state index is 0.0123. The van der Waals surface area contributed by atoms with Gasteiger partial charge >= 0.3 is 5.97 Å². The highest BCUT2D eigenvalue weighted by molar-refractivity contribution is 5.99. The number of methoxy groups -OCH3 is 2. The number of esters is 1. The number of ether oxygens (including phenoxy) is 8. The van der Waals surface area contributed by atoms with E-state index in [0.717, 1.165) is 44.1 Å². The molecule has 0 radical (unpaired) electrons. The Morgan fingerprint density at radius 2 is 1.65 bits per heavy atom. The van der Waals surface area contributed by atoms with Gasteiger partial charge in [-0.15, -0.1) is 0 Å². The van der Waals surface area contributed by atoms with Gasteiger partial charge in [0.05, 0.1) is 36.9 Å². The highest BCUT2D eigenvalue weighted by Crippen LogP contribution is 2.56. The van der Waals surface area contributed by atoms with Crippen molar-refractivity contribution in [3.63, 3.8) is 0 Å². The van der Waals surface area contributed by atoms with Crippen LogP contribution in [0.15, 0.2) is 23.3 Å². The molecule has 3 heterocycles. The van der Waals surface area contributed by atoms with E-state index < -0.39 is 24.6 Å². The second-order valence-electron chi connectivity index (χ2n) is 16.5. The van der Waals surface area contributed by atoms with Crippen LogP contribution >= 0.6 is 0 Å². The van der Waals surface area contributed by atoms with Crippen molar-refractivity contribution in [2.24, 2.45) is 35.5 Å². The summed E-state index contributed by atoms with van der Waals surface area (Å²) in [5.74, 6) is -0.256. The van der Waals surface area contributed by atoms with Gasteiger partial charge in [-0.3, -0.25) is 14.4 Å². The fraction of sp³-hybridized carbons (Fsp3) is 0.833. The highest BCUT2D eigenvalue weighted by atomic mass is 16.7. The second-order valence-corrected chi connectivity index (χ2v) is 16.5. The van der Waals surface area contributed by atoms with Gasteiger partial charge in [-0.1, -0.05) is 31.6 Å². The number of ketones is 1. The first kappa shape index (κ1) is 41.4. The molecule has 0 bridgehead atoms. The van der Waals surface area contributed by atoms with Crippen molar-refractivity contribution in [3.8, 4) is 0 Å². The zero-order valence-corrected chi connectivity index (χ0v) is 33.6. The third-order valence-corrected chi connectivity index (χ3v) is 13.4. The summed E-state index contributed by atoms with van der Waals surface area (Å²) >= 11 is 0. The van der Waals surface area contributed by atoms with Gasteiger partial charge in [0.25, 0.3) is 0 Å². The van der Waals surface area contributed by atoms with Gasteiger partial charge in [0, 0.05) is 39.1 Å². The molecule has 4 fully saturated rings. The van der Waals surface area contributed by atoms with Gasteiger partial charge in [0.15, 0.2) is 18.4 Å². The third kappa shape index (κ3) is 8.70. The topological polar surface area (TPSA) is 137 Å². The maximum Gasteiger partial charge on any atom is 0.306 e. The molecule has 0 aromatic heterocycles. The van der Waals surface area contributed by atoms with Crippen LogP contribution in [0.25, 0.3) is 0 Å². The number of fused-ring (bicyclic) bond motifs is 5. The fourth-order valence-electron chi connectivity index (χ4n) is 10.5. The van der Waals surface area contributed by atoms with E-state index in [1.54, 1.807) is 14.2 Å². The van der Waals surface area contributed by atoms with Crippen LogP contribution in [0.4, 0.5) is 0 Å². The molecule has 3 saturated heterocycles. The molecule has 3 aliphatic carbocycles. The largest absolute Gasteiger partial charge is 0.462 e. The summed E-state index contributed by atoms with van der Waals surface area (Å²) in [4.78, 5) is 39.4. The molecule has 54 heavy (non-hydrogen) atoms. The Morgan fingerprint density at radius 1 is 0.870 bits per heavy atom. The molecule has 1 amide bonds. The SMILES string of the molecule is CCO[C@@H]1[C@@H](OC)[C@H](C)OC(O[C@H]2C[C@H]3[C@@H]4C=C5C(=O)[C@H](C)C(O[C@H]6CC[C@H](NC=O)[C@@H](C)O6)CCC[C@H](CC)OC(=O)C[C@H]5[C@@H]4C=C(C)[C@@H]3C2)[C@@H]1OC. The lowest BCUT2D eigenvalue weighted by Crippen LogP contribution is -2.60. The van der Waals surface area contributed by atoms with Crippen LogP contribution < -0.4 is 5.32 Å². The molecule has 12 nitrogen and oxygen atoms in total. The number of cyclic esters (lactones) is 1. The van der Waals surface area contributed by atoms with Gasteiger partial charge in [-0.05, 0) is 102 Å². The number of Topliss-reactive ketones (excluding diaryl/α,β-unsaturated/α-hetero) is 1. The Balaban J connectivity index is 1.23. The first-order chi connectivity index (χ1) is 26.0. The zero-order valence-electron chi connectivity index (χ0n) is 33.6. The zero-order chi connectivity index (χ0) is 38.7. The molecule has 0 aromatic rings. The van der Waals surface area contributed by atoms with Crippen molar-refractivity contribution in [3.05, 3.63) is 23.3 Å². The maximum absolute atomic E-state index is 14.7. The Morgan fingerprint density at radius 3 is 2.33 bits per heavy atom. The van der Waals surface area contributed by atoms with Crippen LogP contribution in [-0.4, -0.2) is 106 Å². The summed E-state index contributed by atoms with van der Waals surface area (Å²) < 4.78 is 49.9. The monoisotopic (exact) mass is 759 g/mol. The summed E-state index contributed by atoms with van der Waals surface area (Å²) in [6.45, 7) is 12.6. The normalized spacial score (nSPS) is 44.4. The van der Waals surface area contributed by atoms with Crippen LogP contribution in [0.5, 0.6) is 0 Å². The first-order valence-corrected chi connectivity index (χ1v) is 20.6. The van der Waals surface area contributed by atoms with Gasteiger partial charge in [0.1, 0.15) is 24.4 Å². The number of hydrogen-bond acceptors (Lipinski definition) is 11. The number of carbonyl (C=O) groups is 3. The average molecular weight is 760 g/mol. The lowest BCUT2D eigenvalue weighted by molar-refractivity contribution is -0.317. The molecule has 3 aliphatic heterocycles. The van der Waals surface area contributed by atoms with Gasteiger partial charge in [0.2, 0.25) is 6.41 Å². The molecule has 6 rings (SSSR count). The number of amides is 1. The lowest BCUT2D eigenvalue weighted by atomic mass is 9.67. The van der Waals surface area contributed by atoms with E-state index in [0.29, 0.717) is 25.9 Å². The van der Waals surface area contributed by atoms with Crippen molar-refractivity contribution in [2.45, 2.75) is 167 Å². The molecule has 304 valence electrons. The molecule has 12 heteroatoms. The summed E-state index contributed by atoms with van der Waals surface area (Å²) in [5, 5.41) is 2.85. The number of rotatable bonds is 11. The number of carbonyl (C=O) groups excluding carboxylic acids is 3. The molecule has 0 spiro atoms. The van der Waals surface area contributed by atoms with E-state index in [9.17, 15) is 14.4 Å². The van der Waals surface area contributed by atoms with E-state index in [1.165, 1.54) is 5.57 Å². The van der Waals surface area contributed by atoms with Gasteiger partial charge in [-0.25, -0.2) is 0 Å². The van der Waals surface area contributed by atoms with Crippen molar-refractivity contribution < 1.29 is 52.3 Å². The van der Waals surface area contributed by atoms with Crippen LogP contribution in [0.3, 0.4) is 0 Å². The molecule has 0 aromatic carbocycles. The quantitative estimate of drug-likeness (QED) is 0.164. The molecular weight excluding hydrogens is 694 g/mol. The van der Waals surface area contributed by atoms with E-state index in [1.807, 2.05) is 27.7 Å². The number of hydrogen-bond donors (Lipinski definition) is 1. The van der Waals surface area contributed by atoms with Crippen molar-refractivity contribution in [2.75, 3.05) is 20.8 Å². The minimum atomic E-state index is -0.612. The molecule has 2 unspecified atom stereocenters.